The van der Waals surface area contributed by atoms with Gasteiger partial charge in [-0.25, -0.2) is 9.97 Å². The second-order valence-corrected chi connectivity index (χ2v) is 12.9. The van der Waals surface area contributed by atoms with E-state index in [1.807, 2.05) is 0 Å². The van der Waals surface area contributed by atoms with Crippen molar-refractivity contribution in [3.63, 3.8) is 0 Å². The third-order valence-corrected chi connectivity index (χ3v) is 7.77. The number of carbonyl (C=O) groups is 2. The third-order valence-electron chi connectivity index (χ3n) is 7.18. The fourth-order valence-electron chi connectivity index (χ4n) is 5.76. The molecule has 0 radical (unpaired) electrons. The molecule has 12 nitrogen and oxygen atoms in total. The molecule has 226 valence electrons. The van der Waals surface area contributed by atoms with Gasteiger partial charge in [-0.1, -0.05) is 23.2 Å². The van der Waals surface area contributed by atoms with Gasteiger partial charge in [0.2, 0.25) is 5.91 Å². The van der Waals surface area contributed by atoms with Crippen molar-refractivity contribution in [2.45, 2.75) is 45.3 Å². The van der Waals surface area contributed by atoms with Gasteiger partial charge in [-0.2, -0.15) is 0 Å². The Morgan fingerprint density at radius 2 is 1.77 bits per heavy atom. The average molecular weight is 628 g/mol. The number of hydrogen-bond acceptors (Lipinski definition) is 8. The standard InChI is InChI=1S/C29H32Cl2N8O4/c1-28(2)12-39(13-29(3,4)36-28)21-8-20(19(31)9-33-21)35-22(40)11-38-10-17(23-26(38)34-14-37(5)27(23)43)15-6-16(25(32)42)24(41)18(30)7-15/h6-10,14,36,41H,11-13H2,1-5H3,(H2,32,42)(H,33,35,40). The van der Waals surface area contributed by atoms with E-state index in [0.29, 0.717) is 35.7 Å². The summed E-state index contributed by atoms with van der Waals surface area (Å²) in [4.78, 5) is 49.5. The van der Waals surface area contributed by atoms with Crippen molar-refractivity contribution in [1.29, 1.82) is 0 Å². The number of phenols is 1. The molecule has 0 bridgehead atoms. The summed E-state index contributed by atoms with van der Waals surface area (Å²) < 4.78 is 2.81. The topological polar surface area (TPSA) is 160 Å². The summed E-state index contributed by atoms with van der Waals surface area (Å²) in [5.41, 5.74) is 5.84. The number of aryl methyl sites for hydroxylation is 1. The summed E-state index contributed by atoms with van der Waals surface area (Å²) in [7, 11) is 1.55. The van der Waals surface area contributed by atoms with E-state index in [9.17, 15) is 19.5 Å². The second kappa shape index (κ2) is 10.9. The summed E-state index contributed by atoms with van der Waals surface area (Å²) in [6, 6.07) is 4.49. The molecule has 43 heavy (non-hydrogen) atoms. The van der Waals surface area contributed by atoms with Crippen molar-refractivity contribution in [2.24, 2.45) is 12.8 Å². The first-order valence-corrected chi connectivity index (χ1v) is 14.2. The number of piperazine rings is 1. The van der Waals surface area contributed by atoms with Crippen LogP contribution in [-0.4, -0.2) is 60.2 Å². The van der Waals surface area contributed by atoms with Crippen LogP contribution >= 0.6 is 23.2 Å². The van der Waals surface area contributed by atoms with Gasteiger partial charge in [-0.3, -0.25) is 14.4 Å². The van der Waals surface area contributed by atoms with Crippen LogP contribution in [0.4, 0.5) is 11.5 Å². The van der Waals surface area contributed by atoms with Crippen LogP contribution in [-0.2, 0) is 18.4 Å². The van der Waals surface area contributed by atoms with E-state index in [-0.39, 0.29) is 49.8 Å². The number of carbonyl (C=O) groups excluding carboxylic acids is 2. The number of benzene rings is 1. The van der Waals surface area contributed by atoms with Crippen molar-refractivity contribution < 1.29 is 14.7 Å². The van der Waals surface area contributed by atoms with Gasteiger partial charge >= 0.3 is 0 Å². The fraction of sp³-hybridized carbons (Fsp3) is 0.345. The maximum atomic E-state index is 13.4. The number of nitrogens with one attached hydrogen (secondary N) is 2. The summed E-state index contributed by atoms with van der Waals surface area (Å²) in [5.74, 6) is -1.10. The Hall–Kier alpha value is -4.13. The van der Waals surface area contributed by atoms with Gasteiger partial charge in [0.25, 0.3) is 11.5 Å². The highest BCUT2D eigenvalue weighted by Gasteiger charge is 2.37. The number of aromatic nitrogens is 4. The minimum absolute atomic E-state index is 0.120. The highest BCUT2D eigenvalue weighted by atomic mass is 35.5. The Balaban J connectivity index is 1.48. The first kappa shape index (κ1) is 30.3. The summed E-state index contributed by atoms with van der Waals surface area (Å²) in [6.07, 6.45) is 4.43. The SMILES string of the molecule is Cn1cnc2c(c(-c3cc(Cl)c(O)c(C(N)=O)c3)cn2CC(=O)Nc2cc(N3CC(C)(C)NC(C)(C)C3)ncc2Cl)c1=O. The molecule has 0 spiro atoms. The number of amides is 2. The first-order chi connectivity index (χ1) is 20.0. The smallest absolute Gasteiger partial charge is 0.263 e. The van der Waals surface area contributed by atoms with E-state index in [4.69, 9.17) is 28.9 Å². The average Bonchev–Trinajstić information content (AvgIpc) is 3.25. The number of hydrogen-bond donors (Lipinski definition) is 4. The summed E-state index contributed by atoms with van der Waals surface area (Å²) in [6.45, 7) is 9.68. The highest BCUT2D eigenvalue weighted by Crippen LogP contribution is 2.36. The predicted octanol–water partition coefficient (Wildman–Crippen LogP) is 3.51. The Bertz CT molecular complexity index is 1830. The highest BCUT2D eigenvalue weighted by molar-refractivity contribution is 6.34. The lowest BCUT2D eigenvalue weighted by molar-refractivity contribution is -0.116. The normalized spacial score (nSPS) is 15.9. The van der Waals surface area contributed by atoms with Gasteiger partial charge < -0.3 is 35.5 Å². The van der Waals surface area contributed by atoms with E-state index in [1.54, 1.807) is 19.3 Å². The second-order valence-electron chi connectivity index (χ2n) is 12.1. The molecule has 0 atom stereocenters. The van der Waals surface area contributed by atoms with Crippen molar-refractivity contribution in [1.82, 2.24) is 24.4 Å². The van der Waals surface area contributed by atoms with Gasteiger partial charge in [0.1, 0.15) is 23.8 Å². The Morgan fingerprint density at radius 1 is 1.09 bits per heavy atom. The molecular formula is C29H32Cl2N8O4. The fourth-order valence-corrected chi connectivity index (χ4v) is 6.13. The van der Waals surface area contributed by atoms with E-state index < -0.39 is 17.6 Å². The molecule has 1 aliphatic rings. The van der Waals surface area contributed by atoms with Crippen molar-refractivity contribution in [3.05, 3.63) is 62.9 Å². The van der Waals surface area contributed by atoms with E-state index in [2.05, 4.69) is 53.2 Å². The lowest BCUT2D eigenvalue weighted by atomic mass is 9.91. The molecule has 4 aromatic rings. The number of halogens is 2. The van der Waals surface area contributed by atoms with Crippen LogP contribution in [0.5, 0.6) is 5.75 Å². The van der Waals surface area contributed by atoms with Crippen LogP contribution in [0.1, 0.15) is 38.1 Å². The molecule has 1 aromatic carbocycles. The third kappa shape index (κ3) is 6.03. The van der Waals surface area contributed by atoms with Gasteiger partial charge in [-0.15, -0.1) is 0 Å². The van der Waals surface area contributed by atoms with Crippen LogP contribution < -0.4 is 26.8 Å². The molecule has 0 unspecified atom stereocenters. The molecular weight excluding hydrogens is 595 g/mol. The molecule has 1 fully saturated rings. The number of nitrogens with zero attached hydrogens (tertiary/aromatic N) is 5. The maximum Gasteiger partial charge on any atom is 0.263 e. The molecule has 5 N–H and O–H groups in total. The van der Waals surface area contributed by atoms with E-state index >= 15 is 0 Å². The predicted molar refractivity (Wildman–Crippen MR) is 167 cm³/mol. The van der Waals surface area contributed by atoms with Crippen molar-refractivity contribution in [3.8, 4) is 16.9 Å². The molecule has 4 heterocycles. The van der Waals surface area contributed by atoms with Crippen molar-refractivity contribution in [2.75, 3.05) is 23.3 Å². The molecule has 14 heteroatoms. The molecule has 3 aromatic heterocycles. The Kier molecular flexibility index (Phi) is 7.66. The van der Waals surface area contributed by atoms with Crippen molar-refractivity contribution >= 4 is 57.6 Å². The van der Waals surface area contributed by atoms with Crippen LogP contribution in [0.15, 0.2) is 41.7 Å². The monoisotopic (exact) mass is 626 g/mol. The van der Waals surface area contributed by atoms with Crippen LogP contribution in [0, 0.1) is 0 Å². The lowest BCUT2D eigenvalue weighted by Gasteiger charge is -2.48. The number of primary amides is 1. The zero-order chi connectivity index (χ0) is 31.4. The molecule has 0 saturated carbocycles. The zero-order valence-corrected chi connectivity index (χ0v) is 25.8. The van der Waals surface area contributed by atoms with Gasteiger partial charge in [0, 0.05) is 49.0 Å². The molecule has 0 aliphatic carbocycles. The Morgan fingerprint density at radius 3 is 2.42 bits per heavy atom. The largest absolute Gasteiger partial charge is 0.506 e. The maximum absolute atomic E-state index is 13.4. The van der Waals surface area contributed by atoms with Crippen LogP contribution in [0.3, 0.4) is 0 Å². The molecule has 2 amide bonds. The number of aromatic hydroxyl groups is 1. The van der Waals surface area contributed by atoms with E-state index in [1.165, 1.54) is 33.8 Å². The minimum atomic E-state index is -0.892. The van der Waals surface area contributed by atoms with Crippen LogP contribution in [0.2, 0.25) is 10.0 Å². The number of nitrogens with two attached hydrogens (primary N) is 1. The van der Waals surface area contributed by atoms with Crippen LogP contribution in [0.25, 0.3) is 22.2 Å². The number of rotatable bonds is 6. The number of fused-ring (bicyclic) bond motifs is 1. The number of pyridine rings is 1. The quantitative estimate of drug-likeness (QED) is 0.253. The van der Waals surface area contributed by atoms with Gasteiger partial charge in [0.05, 0.1) is 39.2 Å². The summed E-state index contributed by atoms with van der Waals surface area (Å²) >= 11 is 12.6. The molecule has 5 rings (SSSR count). The Labute approximate surface area is 257 Å². The molecule has 1 saturated heterocycles. The number of anilines is 2. The lowest BCUT2D eigenvalue weighted by Crippen LogP contribution is -2.67. The van der Waals surface area contributed by atoms with Gasteiger partial charge in [0.15, 0.2) is 0 Å². The summed E-state index contributed by atoms with van der Waals surface area (Å²) in [5, 5.41) is 17.0. The van der Waals surface area contributed by atoms with Gasteiger partial charge in [-0.05, 0) is 45.4 Å². The zero-order valence-electron chi connectivity index (χ0n) is 24.3. The van der Waals surface area contributed by atoms with E-state index in [0.717, 1.165) is 0 Å². The molecule has 1 aliphatic heterocycles. The minimum Gasteiger partial charge on any atom is -0.506 e. The first-order valence-electron chi connectivity index (χ1n) is 13.4.